The zero-order chi connectivity index (χ0) is 9.68. The molecule has 1 fully saturated rings. The van der Waals surface area contributed by atoms with Crippen LogP contribution in [0.2, 0.25) is 0 Å². The molecule has 0 aliphatic heterocycles. The molecule has 0 amide bonds. The highest BCUT2D eigenvalue weighted by molar-refractivity contribution is 5.74. The van der Waals surface area contributed by atoms with Crippen LogP contribution in [-0.4, -0.2) is 24.0 Å². The van der Waals surface area contributed by atoms with E-state index in [0.717, 1.165) is 19.3 Å². The highest BCUT2D eigenvalue weighted by Gasteiger charge is 2.29. The molecule has 0 heterocycles. The molecule has 1 saturated carbocycles. The van der Waals surface area contributed by atoms with Crippen LogP contribution < -0.4 is 0 Å². The van der Waals surface area contributed by atoms with Crippen LogP contribution in [0.4, 0.5) is 0 Å². The number of nitrogens with zero attached hydrogens (tertiary/aromatic N) is 1. The molecule has 1 aliphatic carbocycles. The predicted molar refractivity (Wildman–Crippen MR) is 47.7 cm³/mol. The SMILES string of the molecule is CCOC(=O)[C@@H]1CC[C@H](/C=N\O)C1. The molecule has 0 saturated heterocycles. The second-order valence-electron chi connectivity index (χ2n) is 3.29. The fraction of sp³-hybridized carbons (Fsp3) is 0.778. The Balaban J connectivity index is 2.36. The summed E-state index contributed by atoms with van der Waals surface area (Å²) in [7, 11) is 0. The van der Waals surface area contributed by atoms with Crippen LogP contribution in [0.3, 0.4) is 0 Å². The molecule has 4 heteroatoms. The highest BCUT2D eigenvalue weighted by Crippen LogP contribution is 2.30. The summed E-state index contributed by atoms with van der Waals surface area (Å²) in [6.45, 7) is 2.24. The van der Waals surface area contributed by atoms with Crippen molar-refractivity contribution < 1.29 is 14.7 Å². The quantitative estimate of drug-likeness (QED) is 0.313. The van der Waals surface area contributed by atoms with Gasteiger partial charge >= 0.3 is 5.97 Å². The van der Waals surface area contributed by atoms with Gasteiger partial charge in [-0.1, -0.05) is 0 Å². The van der Waals surface area contributed by atoms with Gasteiger partial charge in [0.1, 0.15) is 0 Å². The van der Waals surface area contributed by atoms with Gasteiger partial charge in [-0.2, -0.15) is 0 Å². The van der Waals surface area contributed by atoms with E-state index in [1.807, 2.05) is 0 Å². The number of esters is 1. The van der Waals surface area contributed by atoms with E-state index in [1.54, 1.807) is 6.92 Å². The molecule has 1 rings (SSSR count). The second-order valence-corrected chi connectivity index (χ2v) is 3.29. The molecular formula is C9H15NO3. The third-order valence-corrected chi connectivity index (χ3v) is 2.37. The molecule has 0 radical (unpaired) electrons. The maximum absolute atomic E-state index is 11.3. The maximum Gasteiger partial charge on any atom is 0.308 e. The van der Waals surface area contributed by atoms with Gasteiger partial charge < -0.3 is 9.94 Å². The van der Waals surface area contributed by atoms with Crippen molar-refractivity contribution in [2.75, 3.05) is 6.61 Å². The molecule has 4 nitrogen and oxygen atoms in total. The Kier molecular flexibility index (Phi) is 3.73. The van der Waals surface area contributed by atoms with Gasteiger partial charge in [0.2, 0.25) is 0 Å². The molecule has 0 aromatic rings. The summed E-state index contributed by atoms with van der Waals surface area (Å²) in [6.07, 6.45) is 4.01. The molecule has 1 aliphatic rings. The number of carbonyl (C=O) groups is 1. The Bertz CT molecular complexity index is 203. The maximum atomic E-state index is 11.3. The zero-order valence-electron chi connectivity index (χ0n) is 7.77. The van der Waals surface area contributed by atoms with Crippen LogP contribution in [0.25, 0.3) is 0 Å². The zero-order valence-corrected chi connectivity index (χ0v) is 7.77. The lowest BCUT2D eigenvalue weighted by molar-refractivity contribution is -0.147. The topological polar surface area (TPSA) is 58.9 Å². The average Bonchev–Trinajstić information content (AvgIpc) is 2.54. The Morgan fingerprint density at radius 3 is 3.08 bits per heavy atom. The summed E-state index contributed by atoms with van der Waals surface area (Å²) in [5, 5.41) is 11.3. The van der Waals surface area contributed by atoms with Crippen molar-refractivity contribution >= 4 is 12.2 Å². The average molecular weight is 185 g/mol. The summed E-state index contributed by atoms with van der Waals surface area (Å²) in [6, 6.07) is 0. The van der Waals surface area contributed by atoms with E-state index in [2.05, 4.69) is 5.16 Å². The molecule has 2 atom stereocenters. The van der Waals surface area contributed by atoms with Crippen molar-refractivity contribution in [3.63, 3.8) is 0 Å². The Morgan fingerprint density at radius 1 is 1.69 bits per heavy atom. The van der Waals surface area contributed by atoms with E-state index < -0.39 is 0 Å². The lowest BCUT2D eigenvalue weighted by Gasteiger charge is -2.07. The second kappa shape index (κ2) is 4.84. The fourth-order valence-corrected chi connectivity index (χ4v) is 1.72. The first kappa shape index (κ1) is 10.0. The van der Waals surface area contributed by atoms with Crippen LogP contribution >= 0.6 is 0 Å². The monoisotopic (exact) mass is 185 g/mol. The van der Waals surface area contributed by atoms with Gasteiger partial charge in [-0.3, -0.25) is 4.79 Å². The predicted octanol–water partition coefficient (Wildman–Crippen LogP) is 1.43. The lowest BCUT2D eigenvalue weighted by atomic mass is 10.1. The first-order valence-corrected chi connectivity index (χ1v) is 4.62. The summed E-state index contributed by atoms with van der Waals surface area (Å²) < 4.78 is 4.91. The molecule has 1 N–H and O–H groups in total. The standard InChI is InChI=1S/C9H15NO3/c1-2-13-9(11)8-4-3-7(5-8)6-10-12/h6-8,12H,2-5H2,1H3/b10-6-/t7-,8+/m0/s1. The number of hydrogen-bond donors (Lipinski definition) is 1. The molecule has 0 unspecified atom stereocenters. The normalized spacial score (nSPS) is 28.1. The Labute approximate surface area is 77.6 Å². The smallest absolute Gasteiger partial charge is 0.308 e. The van der Waals surface area contributed by atoms with E-state index >= 15 is 0 Å². The van der Waals surface area contributed by atoms with Crippen LogP contribution in [0, 0.1) is 11.8 Å². The van der Waals surface area contributed by atoms with Gasteiger partial charge in [-0.25, -0.2) is 0 Å². The molecular weight excluding hydrogens is 170 g/mol. The van der Waals surface area contributed by atoms with Crippen molar-refractivity contribution in [1.29, 1.82) is 0 Å². The van der Waals surface area contributed by atoms with E-state index in [-0.39, 0.29) is 17.8 Å². The fourth-order valence-electron chi connectivity index (χ4n) is 1.72. The third kappa shape index (κ3) is 2.72. The van der Waals surface area contributed by atoms with Gasteiger partial charge in [0, 0.05) is 6.21 Å². The van der Waals surface area contributed by atoms with Gasteiger partial charge in [-0.05, 0) is 32.1 Å². The summed E-state index contributed by atoms with van der Waals surface area (Å²) in [4.78, 5) is 11.3. The van der Waals surface area contributed by atoms with Crippen molar-refractivity contribution in [3.05, 3.63) is 0 Å². The van der Waals surface area contributed by atoms with Crippen LogP contribution in [0.5, 0.6) is 0 Å². The van der Waals surface area contributed by atoms with E-state index in [9.17, 15) is 4.79 Å². The molecule has 0 aromatic heterocycles. The lowest BCUT2D eigenvalue weighted by Crippen LogP contribution is -2.15. The summed E-state index contributed by atoms with van der Waals surface area (Å²) in [5.74, 6) is 0.124. The minimum Gasteiger partial charge on any atom is -0.466 e. The number of ether oxygens (including phenoxy) is 1. The summed E-state index contributed by atoms with van der Waals surface area (Å²) in [5.41, 5.74) is 0. The van der Waals surface area contributed by atoms with Crippen molar-refractivity contribution in [3.8, 4) is 0 Å². The molecule has 0 aromatic carbocycles. The van der Waals surface area contributed by atoms with Crippen LogP contribution in [0.15, 0.2) is 5.16 Å². The summed E-state index contributed by atoms with van der Waals surface area (Å²) >= 11 is 0. The van der Waals surface area contributed by atoms with Crippen molar-refractivity contribution in [1.82, 2.24) is 0 Å². The highest BCUT2D eigenvalue weighted by atomic mass is 16.5. The first-order valence-electron chi connectivity index (χ1n) is 4.62. The van der Waals surface area contributed by atoms with E-state index in [4.69, 9.17) is 9.94 Å². The molecule has 13 heavy (non-hydrogen) atoms. The Morgan fingerprint density at radius 2 is 2.46 bits per heavy atom. The van der Waals surface area contributed by atoms with Crippen molar-refractivity contribution in [2.45, 2.75) is 26.2 Å². The number of oxime groups is 1. The third-order valence-electron chi connectivity index (χ3n) is 2.37. The van der Waals surface area contributed by atoms with E-state index in [1.165, 1.54) is 6.21 Å². The number of hydrogen-bond acceptors (Lipinski definition) is 4. The molecule has 74 valence electrons. The number of carbonyl (C=O) groups excluding carboxylic acids is 1. The molecule has 0 bridgehead atoms. The van der Waals surface area contributed by atoms with E-state index in [0.29, 0.717) is 6.61 Å². The number of rotatable bonds is 3. The van der Waals surface area contributed by atoms with Crippen LogP contribution in [-0.2, 0) is 9.53 Å². The van der Waals surface area contributed by atoms with Gasteiger partial charge in [0.05, 0.1) is 12.5 Å². The Hall–Kier alpha value is -1.06. The minimum atomic E-state index is -0.115. The molecule has 0 spiro atoms. The van der Waals surface area contributed by atoms with Gasteiger partial charge in [0.25, 0.3) is 0 Å². The van der Waals surface area contributed by atoms with Crippen LogP contribution in [0.1, 0.15) is 26.2 Å². The van der Waals surface area contributed by atoms with Crippen molar-refractivity contribution in [2.24, 2.45) is 17.0 Å². The minimum absolute atomic E-state index is 0.00273. The largest absolute Gasteiger partial charge is 0.466 e. The first-order chi connectivity index (χ1) is 6.27. The van der Waals surface area contributed by atoms with Gasteiger partial charge in [0.15, 0.2) is 0 Å². The van der Waals surface area contributed by atoms with Gasteiger partial charge in [-0.15, -0.1) is 5.16 Å².